The van der Waals surface area contributed by atoms with E-state index in [9.17, 15) is 4.79 Å². The van der Waals surface area contributed by atoms with Crippen molar-refractivity contribution in [3.05, 3.63) is 34.5 Å². The predicted octanol–water partition coefficient (Wildman–Crippen LogP) is 3.46. The number of hydrogen-bond donors (Lipinski definition) is 1. The number of aromatic nitrogens is 3. The highest BCUT2D eigenvalue weighted by molar-refractivity contribution is 7.17. The van der Waals surface area contributed by atoms with Crippen LogP contribution in [0.2, 0.25) is 0 Å². The van der Waals surface area contributed by atoms with E-state index >= 15 is 0 Å². The number of aryl methyl sites for hydroxylation is 1. The van der Waals surface area contributed by atoms with Crippen molar-refractivity contribution >= 4 is 33.7 Å². The molecular weight excluding hydrogens is 308 g/mol. The molecule has 0 aliphatic carbocycles. The van der Waals surface area contributed by atoms with Gasteiger partial charge < -0.3 is 4.42 Å². The molecular formula is C13H12N4O2S2. The van der Waals surface area contributed by atoms with E-state index in [2.05, 4.69) is 27.4 Å². The second-order valence-corrected chi connectivity index (χ2v) is 6.30. The first-order chi connectivity index (χ1) is 10.3. The Bertz CT molecular complexity index is 733. The summed E-state index contributed by atoms with van der Waals surface area (Å²) in [5, 5.41) is 12.8. The molecule has 0 atom stereocenters. The summed E-state index contributed by atoms with van der Waals surface area (Å²) in [6.45, 7) is 2.08. The average molecular weight is 320 g/mol. The monoisotopic (exact) mass is 320 g/mol. The van der Waals surface area contributed by atoms with Crippen LogP contribution in [-0.2, 0) is 6.42 Å². The van der Waals surface area contributed by atoms with E-state index in [-0.39, 0.29) is 5.91 Å². The second kappa shape index (κ2) is 6.15. The minimum absolute atomic E-state index is 0.232. The summed E-state index contributed by atoms with van der Waals surface area (Å²) < 4.78 is 5.26. The molecule has 0 saturated heterocycles. The second-order valence-electron chi connectivity index (χ2n) is 4.21. The summed E-state index contributed by atoms with van der Waals surface area (Å²) in [5.74, 6) is 0.421. The van der Waals surface area contributed by atoms with Gasteiger partial charge in [-0.05, 0) is 18.6 Å². The SMILES string of the molecule is CCCc1nnc(NC(=O)c2cnc(-c3ccco3)s2)s1. The lowest BCUT2D eigenvalue weighted by Crippen LogP contribution is -2.09. The molecule has 0 aromatic carbocycles. The van der Waals surface area contributed by atoms with Crippen LogP contribution in [-0.4, -0.2) is 21.1 Å². The van der Waals surface area contributed by atoms with Gasteiger partial charge in [0.2, 0.25) is 5.13 Å². The minimum Gasteiger partial charge on any atom is -0.462 e. The molecule has 108 valence electrons. The van der Waals surface area contributed by atoms with Crippen molar-refractivity contribution in [2.45, 2.75) is 19.8 Å². The number of hydrogen-bond acceptors (Lipinski definition) is 7. The van der Waals surface area contributed by atoms with Gasteiger partial charge in [0, 0.05) is 6.42 Å². The zero-order valence-electron chi connectivity index (χ0n) is 11.2. The molecule has 0 aliphatic heterocycles. The number of carbonyl (C=O) groups is 1. The topological polar surface area (TPSA) is 80.9 Å². The molecule has 21 heavy (non-hydrogen) atoms. The van der Waals surface area contributed by atoms with Crippen molar-refractivity contribution in [2.24, 2.45) is 0 Å². The maximum Gasteiger partial charge on any atom is 0.269 e. The third-order valence-corrected chi connectivity index (χ3v) is 4.52. The highest BCUT2D eigenvalue weighted by Crippen LogP contribution is 2.26. The number of carbonyl (C=O) groups excluding carboxylic acids is 1. The predicted molar refractivity (Wildman–Crippen MR) is 81.7 cm³/mol. The van der Waals surface area contributed by atoms with Gasteiger partial charge in [-0.25, -0.2) is 4.98 Å². The fourth-order valence-electron chi connectivity index (χ4n) is 1.67. The van der Waals surface area contributed by atoms with Crippen LogP contribution in [0.15, 0.2) is 29.0 Å². The highest BCUT2D eigenvalue weighted by Gasteiger charge is 2.15. The number of rotatable bonds is 5. The summed E-state index contributed by atoms with van der Waals surface area (Å²) in [7, 11) is 0. The molecule has 0 spiro atoms. The zero-order chi connectivity index (χ0) is 14.7. The zero-order valence-corrected chi connectivity index (χ0v) is 12.8. The van der Waals surface area contributed by atoms with Crippen LogP contribution < -0.4 is 5.32 Å². The van der Waals surface area contributed by atoms with Crippen LogP contribution in [0.1, 0.15) is 28.0 Å². The fraction of sp³-hybridized carbons (Fsp3) is 0.231. The van der Waals surface area contributed by atoms with E-state index in [4.69, 9.17) is 4.42 Å². The molecule has 1 N–H and O–H groups in total. The van der Waals surface area contributed by atoms with Gasteiger partial charge in [-0.15, -0.1) is 21.5 Å². The largest absolute Gasteiger partial charge is 0.462 e. The Morgan fingerprint density at radius 3 is 3.05 bits per heavy atom. The maximum atomic E-state index is 12.1. The van der Waals surface area contributed by atoms with Crippen LogP contribution >= 0.6 is 22.7 Å². The quantitative estimate of drug-likeness (QED) is 0.778. The molecule has 0 radical (unpaired) electrons. The first kappa shape index (κ1) is 13.9. The fourth-order valence-corrected chi connectivity index (χ4v) is 3.29. The van der Waals surface area contributed by atoms with Crippen LogP contribution in [0.25, 0.3) is 10.8 Å². The number of amides is 1. The maximum absolute atomic E-state index is 12.1. The summed E-state index contributed by atoms with van der Waals surface area (Å²) >= 11 is 2.67. The molecule has 0 unspecified atom stereocenters. The summed E-state index contributed by atoms with van der Waals surface area (Å²) in [5.41, 5.74) is 0. The molecule has 0 fully saturated rings. The van der Waals surface area contributed by atoms with Gasteiger partial charge in [-0.2, -0.15) is 0 Å². The number of thiazole rings is 1. The number of nitrogens with zero attached hydrogens (tertiary/aromatic N) is 3. The third-order valence-electron chi connectivity index (χ3n) is 2.61. The van der Waals surface area contributed by atoms with Crippen molar-refractivity contribution in [2.75, 3.05) is 5.32 Å². The molecule has 3 aromatic rings. The average Bonchev–Trinajstić information content (AvgIpc) is 3.20. The molecule has 3 rings (SSSR count). The molecule has 3 aromatic heterocycles. The summed E-state index contributed by atoms with van der Waals surface area (Å²) in [4.78, 5) is 16.8. The van der Waals surface area contributed by atoms with E-state index in [1.54, 1.807) is 12.3 Å². The van der Waals surface area contributed by atoms with Gasteiger partial charge in [-0.1, -0.05) is 18.3 Å². The van der Waals surface area contributed by atoms with E-state index in [0.717, 1.165) is 17.8 Å². The summed E-state index contributed by atoms with van der Waals surface area (Å²) in [6.07, 6.45) is 4.99. The normalized spacial score (nSPS) is 10.7. The van der Waals surface area contributed by atoms with E-state index in [0.29, 0.717) is 20.8 Å². The smallest absolute Gasteiger partial charge is 0.269 e. The Balaban J connectivity index is 1.70. The number of anilines is 1. The highest BCUT2D eigenvalue weighted by atomic mass is 32.1. The van der Waals surface area contributed by atoms with Crippen LogP contribution in [0, 0.1) is 0 Å². The molecule has 0 saturated carbocycles. The molecule has 6 nitrogen and oxygen atoms in total. The first-order valence-electron chi connectivity index (χ1n) is 6.39. The molecule has 0 bridgehead atoms. The van der Waals surface area contributed by atoms with Crippen molar-refractivity contribution in [1.82, 2.24) is 15.2 Å². The lowest BCUT2D eigenvalue weighted by Gasteiger charge is -1.95. The van der Waals surface area contributed by atoms with Gasteiger partial charge in [0.05, 0.1) is 12.5 Å². The van der Waals surface area contributed by atoms with Gasteiger partial charge >= 0.3 is 0 Å². The standard InChI is InChI=1S/C13H12N4O2S2/c1-2-4-10-16-17-13(21-10)15-11(18)9-7-14-12(20-9)8-5-3-6-19-8/h3,5-7H,2,4H2,1H3,(H,15,17,18). The Kier molecular flexibility index (Phi) is 4.07. The minimum atomic E-state index is -0.232. The van der Waals surface area contributed by atoms with Gasteiger partial charge in [0.15, 0.2) is 10.8 Å². The third kappa shape index (κ3) is 3.17. The van der Waals surface area contributed by atoms with Crippen LogP contribution in [0.4, 0.5) is 5.13 Å². The molecule has 1 amide bonds. The van der Waals surface area contributed by atoms with Crippen molar-refractivity contribution in [3.63, 3.8) is 0 Å². The van der Waals surface area contributed by atoms with Gasteiger partial charge in [0.25, 0.3) is 5.91 Å². The molecule has 0 aliphatic rings. The lowest BCUT2D eigenvalue weighted by atomic mass is 10.4. The lowest BCUT2D eigenvalue weighted by molar-refractivity contribution is 0.103. The van der Waals surface area contributed by atoms with Crippen molar-refractivity contribution < 1.29 is 9.21 Å². The summed E-state index contributed by atoms with van der Waals surface area (Å²) in [6, 6.07) is 3.59. The molecule has 3 heterocycles. The Hall–Kier alpha value is -2.06. The first-order valence-corrected chi connectivity index (χ1v) is 8.03. The number of furan rings is 1. The van der Waals surface area contributed by atoms with Crippen LogP contribution in [0.5, 0.6) is 0 Å². The van der Waals surface area contributed by atoms with E-state index < -0.39 is 0 Å². The Labute approximate surface area is 128 Å². The molecule has 8 heteroatoms. The van der Waals surface area contributed by atoms with Gasteiger partial charge in [-0.3, -0.25) is 10.1 Å². The van der Waals surface area contributed by atoms with Crippen molar-refractivity contribution in [1.29, 1.82) is 0 Å². The van der Waals surface area contributed by atoms with Crippen molar-refractivity contribution in [3.8, 4) is 10.8 Å². The Morgan fingerprint density at radius 1 is 1.38 bits per heavy atom. The van der Waals surface area contributed by atoms with E-state index in [1.807, 2.05) is 6.07 Å². The van der Waals surface area contributed by atoms with Gasteiger partial charge in [0.1, 0.15) is 9.88 Å². The Morgan fingerprint density at radius 2 is 2.29 bits per heavy atom. The van der Waals surface area contributed by atoms with Crippen LogP contribution in [0.3, 0.4) is 0 Å². The number of nitrogens with one attached hydrogen (secondary N) is 1. The van der Waals surface area contributed by atoms with E-state index in [1.165, 1.54) is 28.9 Å².